The monoisotopic (exact) mass is 349 g/mol. The first-order chi connectivity index (χ1) is 11.4. The lowest BCUT2D eigenvalue weighted by Crippen LogP contribution is -2.16. The average molecular weight is 349 g/mol. The van der Waals surface area contributed by atoms with Crippen LogP contribution in [0.15, 0.2) is 30.5 Å². The summed E-state index contributed by atoms with van der Waals surface area (Å²) in [7, 11) is -1.42. The summed E-state index contributed by atoms with van der Waals surface area (Å²) in [4.78, 5) is 12.4. The van der Waals surface area contributed by atoms with Crippen LogP contribution < -0.4 is 10.1 Å². The number of benzene rings is 1. The number of methoxy groups -OCH3 is 1. The van der Waals surface area contributed by atoms with Crippen molar-refractivity contribution in [2.24, 2.45) is 0 Å². The highest BCUT2D eigenvalue weighted by Gasteiger charge is 2.31. The third kappa shape index (κ3) is 3.28. The van der Waals surface area contributed by atoms with Gasteiger partial charge in [0, 0.05) is 11.4 Å². The fourth-order valence-corrected chi connectivity index (χ4v) is 4.55. The molecule has 3 rings (SSSR count). The highest BCUT2D eigenvalue weighted by Crippen LogP contribution is 2.25. The van der Waals surface area contributed by atoms with E-state index < -0.39 is 9.84 Å². The third-order valence-corrected chi connectivity index (χ3v) is 5.94. The van der Waals surface area contributed by atoms with Crippen molar-refractivity contribution in [3.05, 3.63) is 41.7 Å². The molecule has 0 saturated carbocycles. The van der Waals surface area contributed by atoms with Gasteiger partial charge in [0.1, 0.15) is 5.75 Å². The zero-order valence-electron chi connectivity index (χ0n) is 13.5. The fourth-order valence-electron chi connectivity index (χ4n) is 2.86. The third-order valence-electron chi connectivity index (χ3n) is 4.19. The summed E-state index contributed by atoms with van der Waals surface area (Å²) in [5.41, 5.74) is 1.76. The van der Waals surface area contributed by atoms with Crippen LogP contribution in [0.5, 0.6) is 5.75 Å². The molecule has 1 aromatic carbocycles. The molecule has 1 fully saturated rings. The standard InChI is InChI=1S/C16H19N3O4S/c1-11-15(9-17-19(11)13-7-8-24(21,22)10-13)16(20)18-12-3-5-14(23-2)6-4-12/h3-6,9,13H,7-8,10H2,1-2H3,(H,18,20). The van der Waals surface area contributed by atoms with Crippen LogP contribution in [0.25, 0.3) is 0 Å². The van der Waals surface area contributed by atoms with Crippen LogP contribution in [0.2, 0.25) is 0 Å². The molecule has 1 amide bonds. The van der Waals surface area contributed by atoms with Crippen molar-refractivity contribution in [1.82, 2.24) is 9.78 Å². The molecule has 8 heteroatoms. The molecule has 128 valence electrons. The zero-order valence-corrected chi connectivity index (χ0v) is 14.3. The Morgan fingerprint density at radius 1 is 1.33 bits per heavy atom. The number of carbonyl (C=O) groups is 1. The number of hydrogen-bond acceptors (Lipinski definition) is 5. The topological polar surface area (TPSA) is 90.3 Å². The molecular weight excluding hydrogens is 330 g/mol. The van der Waals surface area contributed by atoms with E-state index in [4.69, 9.17) is 4.74 Å². The number of nitrogens with zero attached hydrogens (tertiary/aromatic N) is 2. The molecule has 0 radical (unpaired) electrons. The number of ether oxygens (including phenoxy) is 1. The molecule has 0 aliphatic carbocycles. The molecule has 24 heavy (non-hydrogen) atoms. The number of nitrogens with one attached hydrogen (secondary N) is 1. The Hall–Kier alpha value is -2.35. The summed E-state index contributed by atoms with van der Waals surface area (Å²) in [6.45, 7) is 1.78. The first kappa shape index (κ1) is 16.5. The molecule has 1 N–H and O–H groups in total. The molecule has 7 nitrogen and oxygen atoms in total. The Kier molecular flexibility index (Phi) is 4.31. The van der Waals surface area contributed by atoms with Crippen molar-refractivity contribution in [3.63, 3.8) is 0 Å². The van der Waals surface area contributed by atoms with Gasteiger partial charge in [0.15, 0.2) is 9.84 Å². The minimum atomic E-state index is -3.00. The van der Waals surface area contributed by atoms with Gasteiger partial charge in [-0.25, -0.2) is 8.42 Å². The summed E-state index contributed by atoms with van der Waals surface area (Å²) in [5, 5.41) is 7.03. The van der Waals surface area contributed by atoms with E-state index in [1.807, 2.05) is 0 Å². The Morgan fingerprint density at radius 3 is 2.62 bits per heavy atom. The highest BCUT2D eigenvalue weighted by atomic mass is 32.2. The predicted molar refractivity (Wildman–Crippen MR) is 90.2 cm³/mol. The second kappa shape index (κ2) is 6.27. The molecule has 1 saturated heterocycles. The predicted octanol–water partition coefficient (Wildman–Crippen LogP) is 1.81. The summed E-state index contributed by atoms with van der Waals surface area (Å²) in [6, 6.07) is 6.82. The average Bonchev–Trinajstić information content (AvgIpc) is 3.10. The Balaban J connectivity index is 1.76. The Labute approximate surface area is 140 Å². The number of aromatic nitrogens is 2. The van der Waals surface area contributed by atoms with Crippen molar-refractivity contribution in [3.8, 4) is 5.75 Å². The SMILES string of the molecule is COc1ccc(NC(=O)c2cnn(C3CCS(=O)(=O)C3)c2C)cc1. The van der Waals surface area contributed by atoms with Crippen LogP contribution in [-0.4, -0.2) is 42.7 Å². The van der Waals surface area contributed by atoms with Gasteiger partial charge in [0.25, 0.3) is 5.91 Å². The molecule has 1 aliphatic rings. The number of carbonyl (C=O) groups excluding carboxylic acids is 1. The largest absolute Gasteiger partial charge is 0.497 e. The van der Waals surface area contributed by atoms with Crippen molar-refractivity contribution < 1.29 is 17.9 Å². The van der Waals surface area contributed by atoms with Gasteiger partial charge in [-0.2, -0.15) is 5.10 Å². The van der Waals surface area contributed by atoms with Crippen molar-refractivity contribution in [1.29, 1.82) is 0 Å². The van der Waals surface area contributed by atoms with E-state index in [2.05, 4.69) is 10.4 Å². The summed E-state index contributed by atoms with van der Waals surface area (Å²) in [5.74, 6) is 0.684. The van der Waals surface area contributed by atoms with Gasteiger partial charge in [-0.1, -0.05) is 0 Å². The van der Waals surface area contributed by atoms with Gasteiger partial charge < -0.3 is 10.1 Å². The molecule has 1 atom stereocenters. The molecule has 1 aromatic heterocycles. The minimum Gasteiger partial charge on any atom is -0.497 e. The highest BCUT2D eigenvalue weighted by molar-refractivity contribution is 7.91. The van der Waals surface area contributed by atoms with E-state index in [0.717, 1.165) is 0 Å². The summed E-state index contributed by atoms with van der Waals surface area (Å²) in [6.07, 6.45) is 2.02. The lowest BCUT2D eigenvalue weighted by molar-refractivity contribution is 0.102. The van der Waals surface area contributed by atoms with Crippen LogP contribution in [0.1, 0.15) is 28.5 Å². The van der Waals surface area contributed by atoms with E-state index in [1.54, 1.807) is 43.0 Å². The van der Waals surface area contributed by atoms with E-state index in [-0.39, 0.29) is 23.5 Å². The summed E-state index contributed by atoms with van der Waals surface area (Å²) < 4.78 is 30.0. The van der Waals surface area contributed by atoms with Gasteiger partial charge in [-0.05, 0) is 37.6 Å². The first-order valence-electron chi connectivity index (χ1n) is 7.59. The molecule has 1 aliphatic heterocycles. The van der Waals surface area contributed by atoms with Crippen LogP contribution >= 0.6 is 0 Å². The van der Waals surface area contributed by atoms with E-state index in [9.17, 15) is 13.2 Å². The smallest absolute Gasteiger partial charge is 0.259 e. The lowest BCUT2D eigenvalue weighted by atomic mass is 10.2. The Bertz CT molecular complexity index is 856. The fraction of sp³-hybridized carbons (Fsp3) is 0.375. The zero-order chi connectivity index (χ0) is 17.3. The second-order valence-corrected chi connectivity index (χ2v) is 8.06. The molecule has 2 heterocycles. The van der Waals surface area contributed by atoms with Gasteiger partial charge in [-0.15, -0.1) is 0 Å². The maximum atomic E-state index is 12.4. The van der Waals surface area contributed by atoms with Gasteiger partial charge >= 0.3 is 0 Å². The van der Waals surface area contributed by atoms with Gasteiger partial charge in [-0.3, -0.25) is 9.48 Å². The van der Waals surface area contributed by atoms with Gasteiger partial charge in [0.2, 0.25) is 0 Å². The quantitative estimate of drug-likeness (QED) is 0.909. The van der Waals surface area contributed by atoms with E-state index in [0.29, 0.717) is 29.1 Å². The van der Waals surface area contributed by atoms with Crippen LogP contribution in [-0.2, 0) is 9.84 Å². The van der Waals surface area contributed by atoms with Crippen molar-refractivity contribution in [2.75, 3.05) is 23.9 Å². The Morgan fingerprint density at radius 2 is 2.04 bits per heavy atom. The normalized spacial score (nSPS) is 19.2. The molecular formula is C16H19N3O4S. The molecule has 0 spiro atoms. The lowest BCUT2D eigenvalue weighted by Gasteiger charge is -2.11. The van der Waals surface area contributed by atoms with Crippen molar-refractivity contribution >= 4 is 21.4 Å². The minimum absolute atomic E-state index is 0.0784. The second-order valence-electron chi connectivity index (χ2n) is 5.83. The van der Waals surface area contributed by atoms with Crippen LogP contribution in [0.4, 0.5) is 5.69 Å². The first-order valence-corrected chi connectivity index (χ1v) is 9.42. The number of sulfone groups is 1. The summed E-state index contributed by atoms with van der Waals surface area (Å²) >= 11 is 0. The number of anilines is 1. The maximum absolute atomic E-state index is 12.4. The number of amides is 1. The molecule has 2 aromatic rings. The van der Waals surface area contributed by atoms with Crippen LogP contribution in [0.3, 0.4) is 0 Å². The number of rotatable bonds is 4. The van der Waals surface area contributed by atoms with Crippen molar-refractivity contribution in [2.45, 2.75) is 19.4 Å². The van der Waals surface area contributed by atoms with Crippen LogP contribution in [0, 0.1) is 6.92 Å². The maximum Gasteiger partial charge on any atom is 0.259 e. The number of hydrogen-bond donors (Lipinski definition) is 1. The van der Waals surface area contributed by atoms with E-state index >= 15 is 0 Å². The molecule has 0 bridgehead atoms. The molecule has 1 unspecified atom stereocenters. The van der Waals surface area contributed by atoms with E-state index in [1.165, 1.54) is 6.20 Å². The van der Waals surface area contributed by atoms with Gasteiger partial charge in [0.05, 0.1) is 36.4 Å².